The van der Waals surface area contributed by atoms with Gasteiger partial charge >= 0.3 is 0 Å². The minimum absolute atomic E-state index is 0.00560. The third-order valence-corrected chi connectivity index (χ3v) is 4.92. The van der Waals surface area contributed by atoms with E-state index in [1.807, 2.05) is 24.3 Å². The average molecular weight is 424 g/mol. The van der Waals surface area contributed by atoms with Gasteiger partial charge in [0.2, 0.25) is 5.91 Å². The number of carbonyl (C=O) groups is 1. The van der Waals surface area contributed by atoms with Crippen LogP contribution in [0.5, 0.6) is 0 Å². The second-order valence-corrected chi connectivity index (χ2v) is 7.37. The van der Waals surface area contributed by atoms with Crippen LogP contribution >= 0.6 is 27.5 Å². The van der Waals surface area contributed by atoms with E-state index in [4.69, 9.17) is 16.3 Å². The topological polar surface area (TPSA) is 41.6 Å². The maximum atomic E-state index is 12.1. The summed E-state index contributed by atoms with van der Waals surface area (Å²) in [5.41, 5.74) is 1.89. The second-order valence-electron chi connectivity index (χ2n) is 6.02. The number of morpholine rings is 1. The van der Waals surface area contributed by atoms with Crippen molar-refractivity contribution in [2.24, 2.45) is 0 Å². The summed E-state index contributed by atoms with van der Waals surface area (Å²) in [5, 5.41) is 3.50. The van der Waals surface area contributed by atoms with Crippen molar-refractivity contribution in [2.45, 2.75) is 12.5 Å². The number of hydrogen-bond donors (Lipinski definition) is 1. The molecule has 1 aliphatic heterocycles. The molecule has 2 aromatic rings. The van der Waals surface area contributed by atoms with Gasteiger partial charge in [-0.2, -0.15) is 0 Å². The summed E-state index contributed by atoms with van der Waals surface area (Å²) in [4.78, 5) is 14.4. The summed E-state index contributed by atoms with van der Waals surface area (Å²) in [6.07, 6.45) is 0.498. The molecule has 0 aromatic heterocycles. The highest BCUT2D eigenvalue weighted by Gasteiger charge is 2.22. The number of amides is 1. The van der Waals surface area contributed by atoms with E-state index in [0.29, 0.717) is 24.6 Å². The lowest BCUT2D eigenvalue weighted by molar-refractivity contribution is -0.117. The Hall–Kier alpha value is -1.40. The highest BCUT2D eigenvalue weighted by Crippen LogP contribution is 2.24. The number of carbonyl (C=O) groups excluding carboxylic acids is 1. The van der Waals surface area contributed by atoms with Gasteiger partial charge in [-0.25, -0.2) is 0 Å². The largest absolute Gasteiger partial charge is 0.371 e. The smallest absolute Gasteiger partial charge is 0.225 e. The molecule has 1 heterocycles. The third-order valence-electron chi connectivity index (χ3n) is 4.16. The molecule has 0 spiro atoms. The van der Waals surface area contributed by atoms with Crippen LogP contribution in [0.3, 0.4) is 0 Å². The molecule has 3 rings (SSSR count). The van der Waals surface area contributed by atoms with Crippen molar-refractivity contribution >= 4 is 39.1 Å². The zero-order chi connectivity index (χ0) is 17.6. The van der Waals surface area contributed by atoms with E-state index in [-0.39, 0.29) is 12.0 Å². The fraction of sp³-hybridized carbons (Fsp3) is 0.316. The van der Waals surface area contributed by atoms with Crippen molar-refractivity contribution < 1.29 is 9.53 Å². The number of nitrogens with zero attached hydrogens (tertiary/aromatic N) is 1. The first-order valence-corrected chi connectivity index (χ1v) is 9.42. The van der Waals surface area contributed by atoms with E-state index in [9.17, 15) is 4.79 Å². The Labute approximate surface area is 161 Å². The number of nitrogens with one attached hydrogen (secondary N) is 1. The molecule has 4 nitrogen and oxygen atoms in total. The summed E-state index contributed by atoms with van der Waals surface area (Å²) in [6.45, 7) is 3.03. The molecule has 1 fully saturated rings. The van der Waals surface area contributed by atoms with Crippen LogP contribution in [0.4, 0.5) is 5.69 Å². The van der Waals surface area contributed by atoms with Crippen LogP contribution in [-0.2, 0) is 9.53 Å². The average Bonchev–Trinajstić information content (AvgIpc) is 2.61. The van der Waals surface area contributed by atoms with Gasteiger partial charge in [0.1, 0.15) is 0 Å². The maximum Gasteiger partial charge on any atom is 0.225 e. The van der Waals surface area contributed by atoms with Crippen molar-refractivity contribution in [3.63, 3.8) is 0 Å². The summed E-state index contributed by atoms with van der Waals surface area (Å²) >= 11 is 9.38. The quantitative estimate of drug-likeness (QED) is 0.769. The van der Waals surface area contributed by atoms with E-state index >= 15 is 0 Å². The predicted octanol–water partition coefficient (Wildman–Crippen LogP) is 4.50. The van der Waals surface area contributed by atoms with Crippen molar-refractivity contribution in [2.75, 3.05) is 31.6 Å². The highest BCUT2D eigenvalue weighted by atomic mass is 79.9. The lowest BCUT2D eigenvalue weighted by Gasteiger charge is -2.33. The number of hydrogen-bond acceptors (Lipinski definition) is 3. The van der Waals surface area contributed by atoms with Crippen molar-refractivity contribution in [1.82, 2.24) is 4.90 Å². The molecule has 0 saturated carbocycles. The van der Waals surface area contributed by atoms with Crippen molar-refractivity contribution in [3.8, 4) is 0 Å². The van der Waals surface area contributed by atoms with Gasteiger partial charge in [-0.05, 0) is 35.9 Å². The molecule has 0 aliphatic carbocycles. The molecule has 0 radical (unpaired) electrons. The minimum atomic E-state index is -0.00560. The van der Waals surface area contributed by atoms with Crippen LogP contribution < -0.4 is 5.32 Å². The molecule has 1 saturated heterocycles. The van der Waals surface area contributed by atoms with E-state index in [1.165, 1.54) is 0 Å². The SMILES string of the molecule is O=C(CCN1CCOC(c2ccc(Br)cc2)C1)Nc1cccc(Cl)c1. The Morgan fingerprint density at radius 3 is 2.84 bits per heavy atom. The number of anilines is 1. The van der Waals surface area contributed by atoms with Gasteiger partial charge in [0.25, 0.3) is 0 Å². The van der Waals surface area contributed by atoms with Gasteiger partial charge in [0, 0.05) is 41.2 Å². The number of benzene rings is 2. The Morgan fingerprint density at radius 1 is 1.28 bits per heavy atom. The first-order chi connectivity index (χ1) is 12.1. The zero-order valence-electron chi connectivity index (χ0n) is 13.8. The van der Waals surface area contributed by atoms with Crippen LogP contribution in [-0.4, -0.2) is 37.0 Å². The second kappa shape index (κ2) is 8.81. The number of rotatable bonds is 5. The Kier molecular flexibility index (Phi) is 6.48. The predicted molar refractivity (Wildman–Crippen MR) is 104 cm³/mol. The van der Waals surface area contributed by atoms with E-state index in [2.05, 4.69) is 38.3 Å². The fourth-order valence-electron chi connectivity index (χ4n) is 2.83. The summed E-state index contributed by atoms with van der Waals surface area (Å²) < 4.78 is 6.93. The Bertz CT molecular complexity index is 724. The van der Waals surface area contributed by atoms with Gasteiger partial charge in [0.05, 0.1) is 12.7 Å². The van der Waals surface area contributed by atoms with Gasteiger partial charge in [-0.15, -0.1) is 0 Å². The fourth-order valence-corrected chi connectivity index (χ4v) is 3.29. The lowest BCUT2D eigenvalue weighted by atomic mass is 10.1. The lowest BCUT2D eigenvalue weighted by Crippen LogP contribution is -2.39. The molecule has 0 bridgehead atoms. The molecule has 2 aromatic carbocycles. The first-order valence-electron chi connectivity index (χ1n) is 8.25. The van der Waals surface area contributed by atoms with E-state index < -0.39 is 0 Å². The highest BCUT2D eigenvalue weighted by molar-refractivity contribution is 9.10. The maximum absolute atomic E-state index is 12.1. The van der Waals surface area contributed by atoms with E-state index in [0.717, 1.165) is 28.8 Å². The van der Waals surface area contributed by atoms with Gasteiger partial charge < -0.3 is 10.1 Å². The van der Waals surface area contributed by atoms with Crippen LogP contribution in [0, 0.1) is 0 Å². The van der Waals surface area contributed by atoms with Crippen molar-refractivity contribution in [1.29, 1.82) is 0 Å². The molecule has 132 valence electrons. The molecule has 1 amide bonds. The third kappa shape index (κ3) is 5.54. The summed E-state index contributed by atoms with van der Waals surface area (Å²) in [6, 6.07) is 15.4. The van der Waals surface area contributed by atoms with Crippen LogP contribution in [0.2, 0.25) is 5.02 Å². The first kappa shape index (κ1) is 18.4. The van der Waals surface area contributed by atoms with Crippen LogP contribution in [0.1, 0.15) is 18.1 Å². The van der Waals surface area contributed by atoms with Gasteiger partial charge in [-0.1, -0.05) is 45.7 Å². The standard InChI is InChI=1S/C19H20BrClN2O2/c20-15-6-4-14(5-7-15)18-13-23(10-11-25-18)9-8-19(24)22-17-3-1-2-16(21)12-17/h1-7,12,18H,8-11,13H2,(H,22,24). The Balaban J connectivity index is 1.49. The molecule has 1 atom stereocenters. The monoisotopic (exact) mass is 422 g/mol. The summed E-state index contributed by atoms with van der Waals surface area (Å²) in [7, 11) is 0. The molecular formula is C19H20BrClN2O2. The molecule has 1 unspecified atom stereocenters. The van der Waals surface area contributed by atoms with Gasteiger partial charge in [-0.3, -0.25) is 9.69 Å². The number of ether oxygens (including phenoxy) is 1. The normalized spacial score (nSPS) is 18.1. The Morgan fingerprint density at radius 2 is 2.08 bits per heavy atom. The molecular weight excluding hydrogens is 404 g/mol. The summed E-state index contributed by atoms with van der Waals surface area (Å²) in [5.74, 6) is -0.00560. The van der Waals surface area contributed by atoms with Crippen LogP contribution in [0.25, 0.3) is 0 Å². The minimum Gasteiger partial charge on any atom is -0.371 e. The van der Waals surface area contributed by atoms with Crippen LogP contribution in [0.15, 0.2) is 53.0 Å². The molecule has 6 heteroatoms. The van der Waals surface area contributed by atoms with Gasteiger partial charge in [0.15, 0.2) is 0 Å². The molecule has 1 aliphatic rings. The number of halogens is 2. The molecule has 25 heavy (non-hydrogen) atoms. The zero-order valence-corrected chi connectivity index (χ0v) is 16.1. The van der Waals surface area contributed by atoms with E-state index in [1.54, 1.807) is 12.1 Å². The van der Waals surface area contributed by atoms with Crippen molar-refractivity contribution in [3.05, 3.63) is 63.6 Å². The molecule has 1 N–H and O–H groups in total.